The first-order valence-electron chi connectivity index (χ1n) is 5.73. The fraction of sp³-hybridized carbons (Fsp3) is 0.154. The van der Waals surface area contributed by atoms with Gasteiger partial charge >= 0.3 is 5.97 Å². The average Bonchev–Trinajstić information content (AvgIpc) is 2.65. The number of nitrogens with zero attached hydrogens (tertiary/aromatic N) is 1. The topological polar surface area (TPSA) is 78.9 Å². The number of benzene rings is 1. The number of carbonyl (C=O) groups is 2. The number of amides is 1. The molecule has 1 aromatic carbocycles. The van der Waals surface area contributed by atoms with E-state index in [1.54, 1.807) is 37.4 Å². The zero-order valence-electron chi connectivity index (χ0n) is 10.6. The summed E-state index contributed by atoms with van der Waals surface area (Å²) in [5.74, 6) is -0.775. The van der Waals surface area contributed by atoms with Crippen LogP contribution in [0.1, 0.15) is 5.56 Å². The van der Waals surface area contributed by atoms with Gasteiger partial charge in [0.15, 0.2) is 11.7 Å². The lowest BCUT2D eigenvalue weighted by Crippen LogP contribution is -2.25. The first-order valence-corrected chi connectivity index (χ1v) is 6.13. The highest BCUT2D eigenvalue weighted by Gasteiger charge is 2.26. The van der Waals surface area contributed by atoms with Gasteiger partial charge in [-0.1, -0.05) is 12.1 Å². The number of thiocarbonyl (C=S) groups is 1. The molecule has 7 heteroatoms. The van der Waals surface area contributed by atoms with Crippen molar-refractivity contribution in [3.05, 3.63) is 35.5 Å². The van der Waals surface area contributed by atoms with E-state index in [-0.39, 0.29) is 12.5 Å². The smallest absolute Gasteiger partial charge is 0.341 e. The molecule has 1 aliphatic rings. The molecule has 0 aliphatic carbocycles. The van der Waals surface area contributed by atoms with Crippen LogP contribution in [-0.4, -0.2) is 40.6 Å². The molecular weight excluding hydrogens is 280 g/mol. The number of aliphatic carboxylic acids is 1. The van der Waals surface area contributed by atoms with E-state index < -0.39 is 5.97 Å². The van der Waals surface area contributed by atoms with Crippen LogP contribution in [0.2, 0.25) is 0 Å². The summed E-state index contributed by atoms with van der Waals surface area (Å²) in [4.78, 5) is 23.5. The molecule has 0 aromatic heterocycles. The molecule has 1 fully saturated rings. The molecule has 1 heterocycles. The van der Waals surface area contributed by atoms with E-state index in [2.05, 4.69) is 5.32 Å². The number of carboxylic acid groups (broad SMARTS) is 1. The number of hydrogen-bond donors (Lipinski definition) is 2. The van der Waals surface area contributed by atoms with E-state index in [1.165, 1.54) is 4.90 Å². The maximum atomic E-state index is 11.8. The third-order valence-corrected chi connectivity index (χ3v) is 3.01. The highest BCUT2D eigenvalue weighted by molar-refractivity contribution is 7.80. The number of nitrogens with one attached hydrogen (secondary N) is 1. The molecule has 1 amide bonds. The maximum Gasteiger partial charge on any atom is 0.341 e. The number of carbonyl (C=O) groups excluding carboxylic acids is 1. The lowest BCUT2D eigenvalue weighted by atomic mass is 10.2. The molecule has 0 atom stereocenters. The fourth-order valence-electron chi connectivity index (χ4n) is 1.60. The van der Waals surface area contributed by atoms with Crippen molar-refractivity contribution in [2.75, 3.05) is 13.7 Å². The Morgan fingerprint density at radius 3 is 2.60 bits per heavy atom. The monoisotopic (exact) mass is 292 g/mol. The van der Waals surface area contributed by atoms with Crippen molar-refractivity contribution >= 4 is 35.3 Å². The normalized spacial score (nSPS) is 16.4. The number of likely N-dealkylation sites (N-methyl/N-ethyl adjacent to an activating group) is 1. The van der Waals surface area contributed by atoms with Gasteiger partial charge in [-0.25, -0.2) is 4.79 Å². The molecular formula is C13H12N2O4S. The molecule has 0 unspecified atom stereocenters. The summed E-state index contributed by atoms with van der Waals surface area (Å²) in [6.07, 6.45) is 1.67. The Labute approximate surface area is 120 Å². The molecule has 0 bridgehead atoms. The van der Waals surface area contributed by atoms with E-state index >= 15 is 0 Å². The summed E-state index contributed by atoms with van der Waals surface area (Å²) in [6.45, 7) is -0.389. The maximum absolute atomic E-state index is 11.8. The van der Waals surface area contributed by atoms with Crippen molar-refractivity contribution in [3.8, 4) is 5.75 Å². The van der Waals surface area contributed by atoms with Crippen molar-refractivity contribution in [2.24, 2.45) is 0 Å². The van der Waals surface area contributed by atoms with E-state index in [1.807, 2.05) is 0 Å². The van der Waals surface area contributed by atoms with Crippen molar-refractivity contribution in [3.63, 3.8) is 0 Å². The summed E-state index contributed by atoms with van der Waals surface area (Å²) in [6, 6.07) is 6.72. The minimum absolute atomic E-state index is 0.193. The van der Waals surface area contributed by atoms with Crippen LogP contribution in [0.3, 0.4) is 0 Å². The van der Waals surface area contributed by atoms with E-state index in [0.29, 0.717) is 16.6 Å². The quantitative estimate of drug-likeness (QED) is 0.632. The fourth-order valence-corrected chi connectivity index (χ4v) is 1.79. The van der Waals surface area contributed by atoms with Gasteiger partial charge in [0.05, 0.1) is 0 Å². The van der Waals surface area contributed by atoms with Crippen LogP contribution < -0.4 is 10.1 Å². The van der Waals surface area contributed by atoms with Gasteiger partial charge < -0.3 is 15.2 Å². The Hall–Kier alpha value is -2.41. The molecule has 1 aliphatic heterocycles. The second kappa shape index (κ2) is 5.70. The van der Waals surface area contributed by atoms with Crippen LogP contribution in [0.5, 0.6) is 5.75 Å². The van der Waals surface area contributed by atoms with Gasteiger partial charge in [0.25, 0.3) is 5.91 Å². The van der Waals surface area contributed by atoms with Crippen molar-refractivity contribution < 1.29 is 19.4 Å². The van der Waals surface area contributed by atoms with Crippen LogP contribution in [0.4, 0.5) is 0 Å². The van der Waals surface area contributed by atoms with Gasteiger partial charge in [-0.2, -0.15) is 0 Å². The molecule has 20 heavy (non-hydrogen) atoms. The largest absolute Gasteiger partial charge is 0.482 e. The Balaban J connectivity index is 2.09. The van der Waals surface area contributed by atoms with Crippen LogP contribution >= 0.6 is 12.2 Å². The minimum Gasteiger partial charge on any atom is -0.482 e. The molecule has 104 valence electrons. The molecule has 0 spiro atoms. The summed E-state index contributed by atoms with van der Waals surface area (Å²) in [7, 11) is 1.60. The van der Waals surface area contributed by atoms with Crippen LogP contribution in [-0.2, 0) is 9.59 Å². The highest BCUT2D eigenvalue weighted by Crippen LogP contribution is 2.16. The first-order chi connectivity index (χ1) is 9.47. The number of carboxylic acids is 1. The summed E-state index contributed by atoms with van der Waals surface area (Å²) in [5.41, 5.74) is 1.18. The van der Waals surface area contributed by atoms with Gasteiger partial charge in [0.2, 0.25) is 0 Å². The molecule has 0 radical (unpaired) electrons. The molecule has 2 rings (SSSR count). The standard InChI is InChI=1S/C13H12N2O4S/c1-15-12(18)10(14-13(15)20)6-8-2-4-9(5-3-8)19-7-11(16)17/h2-6H,7H2,1H3,(H,14,20)(H,16,17)/b10-6-. The van der Waals surface area contributed by atoms with Crippen LogP contribution in [0, 0.1) is 0 Å². The zero-order valence-corrected chi connectivity index (χ0v) is 11.4. The van der Waals surface area contributed by atoms with Gasteiger partial charge in [-0.15, -0.1) is 0 Å². The van der Waals surface area contributed by atoms with Crippen molar-refractivity contribution in [1.29, 1.82) is 0 Å². The summed E-state index contributed by atoms with van der Waals surface area (Å²) in [5, 5.41) is 11.7. The molecule has 2 N–H and O–H groups in total. The Bertz CT molecular complexity index is 595. The van der Waals surface area contributed by atoms with Crippen molar-refractivity contribution in [2.45, 2.75) is 0 Å². The third-order valence-electron chi connectivity index (χ3n) is 2.63. The first kappa shape index (κ1) is 14.0. The second-order valence-electron chi connectivity index (χ2n) is 4.10. The van der Waals surface area contributed by atoms with Gasteiger partial charge in [-0.3, -0.25) is 9.69 Å². The van der Waals surface area contributed by atoms with Gasteiger partial charge in [0, 0.05) is 7.05 Å². The van der Waals surface area contributed by atoms with E-state index in [4.69, 9.17) is 22.1 Å². The Morgan fingerprint density at radius 2 is 2.10 bits per heavy atom. The summed E-state index contributed by atoms with van der Waals surface area (Å²) >= 11 is 4.97. The predicted molar refractivity (Wildman–Crippen MR) is 76.1 cm³/mol. The highest BCUT2D eigenvalue weighted by atomic mass is 32.1. The lowest BCUT2D eigenvalue weighted by molar-refractivity contribution is -0.139. The zero-order chi connectivity index (χ0) is 14.7. The van der Waals surface area contributed by atoms with Crippen LogP contribution in [0.15, 0.2) is 30.0 Å². The van der Waals surface area contributed by atoms with Gasteiger partial charge in [-0.05, 0) is 36.0 Å². The van der Waals surface area contributed by atoms with Gasteiger partial charge in [0.1, 0.15) is 11.4 Å². The third kappa shape index (κ3) is 3.12. The second-order valence-corrected chi connectivity index (χ2v) is 4.49. The SMILES string of the molecule is CN1C(=O)/C(=C/c2ccc(OCC(=O)O)cc2)NC1=S. The Morgan fingerprint density at radius 1 is 1.45 bits per heavy atom. The Kier molecular flexibility index (Phi) is 3.99. The minimum atomic E-state index is -1.03. The number of ether oxygens (including phenoxy) is 1. The number of hydrogen-bond acceptors (Lipinski definition) is 4. The molecule has 1 aromatic rings. The predicted octanol–water partition coefficient (Wildman–Crippen LogP) is 0.837. The summed E-state index contributed by atoms with van der Waals surface area (Å²) < 4.78 is 5.02. The van der Waals surface area contributed by atoms with Crippen molar-refractivity contribution in [1.82, 2.24) is 10.2 Å². The van der Waals surface area contributed by atoms with E-state index in [9.17, 15) is 9.59 Å². The molecule has 6 nitrogen and oxygen atoms in total. The average molecular weight is 292 g/mol. The number of rotatable bonds is 4. The van der Waals surface area contributed by atoms with E-state index in [0.717, 1.165) is 5.56 Å². The lowest BCUT2D eigenvalue weighted by Gasteiger charge is -2.03. The molecule has 1 saturated heterocycles. The molecule has 0 saturated carbocycles. The van der Waals surface area contributed by atoms with Crippen LogP contribution in [0.25, 0.3) is 6.08 Å².